The SMILES string of the molecule is CC(C)c1ccc([C@@H](NC(=O)[C@@H]2C[C@@H](F)CN2C(=O)Cn2cnnc2)c2ccccc2)cc1. The summed E-state index contributed by atoms with van der Waals surface area (Å²) in [5, 5.41) is 10.4. The van der Waals surface area contributed by atoms with Gasteiger partial charge in [0.25, 0.3) is 0 Å². The molecule has 0 bridgehead atoms. The van der Waals surface area contributed by atoms with Crippen molar-refractivity contribution in [2.24, 2.45) is 0 Å². The molecule has 2 amide bonds. The molecule has 1 N–H and O–H groups in total. The Kier molecular flexibility index (Phi) is 6.82. The van der Waals surface area contributed by atoms with E-state index in [2.05, 4.69) is 41.5 Å². The van der Waals surface area contributed by atoms with Crippen LogP contribution in [0.2, 0.25) is 0 Å². The molecular weight excluding hydrogens is 421 g/mol. The average molecular weight is 450 g/mol. The molecule has 0 unspecified atom stereocenters. The van der Waals surface area contributed by atoms with Crippen LogP contribution in [0.3, 0.4) is 0 Å². The van der Waals surface area contributed by atoms with E-state index < -0.39 is 18.3 Å². The Hall–Kier alpha value is -3.55. The molecule has 1 saturated heterocycles. The minimum Gasteiger partial charge on any atom is -0.343 e. The van der Waals surface area contributed by atoms with Gasteiger partial charge in [-0.3, -0.25) is 9.59 Å². The zero-order valence-electron chi connectivity index (χ0n) is 18.8. The zero-order valence-corrected chi connectivity index (χ0v) is 18.8. The summed E-state index contributed by atoms with van der Waals surface area (Å²) in [4.78, 5) is 27.5. The van der Waals surface area contributed by atoms with Crippen LogP contribution >= 0.6 is 0 Å². The number of nitrogens with zero attached hydrogens (tertiary/aromatic N) is 4. The van der Waals surface area contributed by atoms with Crippen LogP contribution < -0.4 is 5.32 Å². The van der Waals surface area contributed by atoms with Crippen molar-refractivity contribution in [2.45, 2.75) is 51.0 Å². The second-order valence-electron chi connectivity index (χ2n) is 8.70. The summed E-state index contributed by atoms with van der Waals surface area (Å²) in [5.74, 6) is -0.309. The Bertz CT molecular complexity index is 1070. The molecule has 8 heteroatoms. The summed E-state index contributed by atoms with van der Waals surface area (Å²) in [5.41, 5.74) is 3.05. The van der Waals surface area contributed by atoms with Crippen molar-refractivity contribution < 1.29 is 14.0 Å². The van der Waals surface area contributed by atoms with Gasteiger partial charge in [0.2, 0.25) is 11.8 Å². The molecule has 1 aliphatic rings. The predicted octanol–water partition coefficient (Wildman–Crippen LogP) is 3.25. The van der Waals surface area contributed by atoms with Crippen molar-refractivity contribution >= 4 is 11.8 Å². The average Bonchev–Trinajstić information content (AvgIpc) is 3.47. The van der Waals surface area contributed by atoms with Gasteiger partial charge in [-0.1, -0.05) is 68.4 Å². The van der Waals surface area contributed by atoms with E-state index in [1.165, 1.54) is 27.7 Å². The van der Waals surface area contributed by atoms with Crippen molar-refractivity contribution in [3.8, 4) is 0 Å². The Morgan fingerprint density at radius 3 is 2.24 bits per heavy atom. The van der Waals surface area contributed by atoms with E-state index in [1.54, 1.807) is 0 Å². The minimum absolute atomic E-state index is 0.0203. The first-order chi connectivity index (χ1) is 15.9. The van der Waals surface area contributed by atoms with Gasteiger partial charge in [0, 0.05) is 6.42 Å². The number of hydrogen-bond donors (Lipinski definition) is 1. The molecular formula is C25H28FN5O2. The van der Waals surface area contributed by atoms with Crippen LogP contribution in [0.5, 0.6) is 0 Å². The largest absolute Gasteiger partial charge is 0.343 e. The summed E-state index contributed by atoms with van der Waals surface area (Å²) < 4.78 is 15.8. The van der Waals surface area contributed by atoms with Gasteiger partial charge in [-0.15, -0.1) is 10.2 Å². The van der Waals surface area contributed by atoms with E-state index in [0.717, 1.165) is 11.1 Å². The molecule has 2 heterocycles. The lowest BCUT2D eigenvalue weighted by molar-refractivity contribution is -0.139. The van der Waals surface area contributed by atoms with Crippen molar-refractivity contribution in [1.29, 1.82) is 0 Å². The van der Waals surface area contributed by atoms with Gasteiger partial charge in [0.1, 0.15) is 31.4 Å². The molecule has 1 aliphatic heterocycles. The molecule has 0 aliphatic carbocycles. The van der Waals surface area contributed by atoms with Gasteiger partial charge in [0.15, 0.2) is 0 Å². The van der Waals surface area contributed by atoms with E-state index in [9.17, 15) is 14.0 Å². The summed E-state index contributed by atoms with van der Waals surface area (Å²) in [7, 11) is 0. The Labute approximate surface area is 192 Å². The number of benzene rings is 2. The third-order valence-corrected chi connectivity index (χ3v) is 6.01. The van der Waals surface area contributed by atoms with Crippen molar-refractivity contribution in [2.75, 3.05) is 6.54 Å². The van der Waals surface area contributed by atoms with E-state index >= 15 is 0 Å². The molecule has 1 fully saturated rings. The fraction of sp³-hybridized carbons (Fsp3) is 0.360. The molecule has 4 rings (SSSR count). The lowest BCUT2D eigenvalue weighted by Crippen LogP contribution is -2.47. The van der Waals surface area contributed by atoms with E-state index in [0.29, 0.717) is 5.92 Å². The van der Waals surface area contributed by atoms with Crippen molar-refractivity contribution in [3.63, 3.8) is 0 Å². The number of likely N-dealkylation sites (tertiary alicyclic amines) is 1. The summed E-state index contributed by atoms with van der Waals surface area (Å²) in [6, 6.07) is 16.5. The number of amides is 2. The molecule has 2 aromatic carbocycles. The standard InChI is InChI=1S/C25H28FN5O2/c1-17(2)18-8-10-20(11-9-18)24(19-6-4-3-5-7-19)29-25(33)22-12-21(26)13-31(22)23(32)14-30-15-27-28-16-30/h3-11,15-17,21-22,24H,12-14H2,1-2H3,(H,29,33)/t21-,22+,24+/m1/s1. The molecule has 3 aromatic rings. The number of aromatic nitrogens is 3. The molecule has 1 aromatic heterocycles. The number of hydrogen-bond acceptors (Lipinski definition) is 4. The third-order valence-electron chi connectivity index (χ3n) is 6.01. The van der Waals surface area contributed by atoms with E-state index in [-0.39, 0.29) is 31.3 Å². The Balaban J connectivity index is 1.56. The van der Waals surface area contributed by atoms with Crippen LogP contribution in [0.4, 0.5) is 4.39 Å². The second-order valence-corrected chi connectivity index (χ2v) is 8.70. The molecule has 33 heavy (non-hydrogen) atoms. The number of nitrogens with one attached hydrogen (secondary N) is 1. The summed E-state index contributed by atoms with van der Waals surface area (Å²) >= 11 is 0. The zero-order chi connectivity index (χ0) is 23.4. The monoisotopic (exact) mass is 449 g/mol. The molecule has 7 nitrogen and oxygen atoms in total. The quantitative estimate of drug-likeness (QED) is 0.601. The van der Waals surface area contributed by atoms with Gasteiger partial charge >= 0.3 is 0 Å². The van der Waals surface area contributed by atoms with Crippen LogP contribution in [-0.2, 0) is 16.1 Å². The number of halogens is 1. The number of alkyl halides is 1. The first-order valence-electron chi connectivity index (χ1n) is 11.1. The molecule has 0 saturated carbocycles. The highest BCUT2D eigenvalue weighted by atomic mass is 19.1. The first-order valence-corrected chi connectivity index (χ1v) is 11.1. The topological polar surface area (TPSA) is 80.1 Å². The van der Waals surface area contributed by atoms with Gasteiger partial charge in [-0.25, -0.2) is 4.39 Å². The lowest BCUT2D eigenvalue weighted by Gasteiger charge is -2.27. The Morgan fingerprint density at radius 2 is 1.61 bits per heavy atom. The van der Waals surface area contributed by atoms with Crippen LogP contribution in [0.15, 0.2) is 67.3 Å². The highest BCUT2D eigenvalue weighted by molar-refractivity contribution is 5.88. The van der Waals surface area contributed by atoms with Crippen LogP contribution in [-0.4, -0.2) is 50.2 Å². The number of carbonyl (C=O) groups is 2. The molecule has 0 spiro atoms. The smallest absolute Gasteiger partial charge is 0.243 e. The van der Waals surface area contributed by atoms with Crippen molar-refractivity contribution in [1.82, 2.24) is 25.0 Å². The van der Waals surface area contributed by atoms with Gasteiger partial charge in [-0.2, -0.15) is 0 Å². The lowest BCUT2D eigenvalue weighted by atomic mass is 9.95. The number of rotatable bonds is 7. The van der Waals surface area contributed by atoms with Gasteiger partial charge in [-0.05, 0) is 22.6 Å². The fourth-order valence-electron chi connectivity index (χ4n) is 4.18. The Morgan fingerprint density at radius 1 is 1.00 bits per heavy atom. The van der Waals surface area contributed by atoms with Crippen LogP contribution in [0, 0.1) is 0 Å². The maximum atomic E-state index is 14.3. The number of carbonyl (C=O) groups excluding carboxylic acids is 2. The summed E-state index contributed by atoms with van der Waals surface area (Å²) in [6.45, 7) is 4.12. The van der Waals surface area contributed by atoms with Crippen molar-refractivity contribution in [3.05, 3.63) is 83.9 Å². The van der Waals surface area contributed by atoms with Gasteiger partial charge in [0.05, 0.1) is 12.6 Å². The first kappa shape index (κ1) is 22.6. The molecule has 172 valence electrons. The van der Waals surface area contributed by atoms with Gasteiger partial charge < -0.3 is 14.8 Å². The van der Waals surface area contributed by atoms with Crippen LogP contribution in [0.1, 0.15) is 48.9 Å². The third kappa shape index (κ3) is 5.27. The predicted molar refractivity (Wildman–Crippen MR) is 122 cm³/mol. The maximum Gasteiger partial charge on any atom is 0.243 e. The highest BCUT2D eigenvalue weighted by Crippen LogP contribution is 2.27. The molecule has 3 atom stereocenters. The summed E-state index contributed by atoms with van der Waals surface area (Å²) in [6.07, 6.45) is 1.57. The second kappa shape index (κ2) is 9.94. The van der Waals surface area contributed by atoms with E-state index in [4.69, 9.17) is 0 Å². The van der Waals surface area contributed by atoms with E-state index in [1.807, 2.05) is 42.5 Å². The highest BCUT2D eigenvalue weighted by Gasteiger charge is 2.40. The normalized spacial score (nSPS) is 19.0. The van der Waals surface area contributed by atoms with Crippen LogP contribution in [0.25, 0.3) is 0 Å². The minimum atomic E-state index is -1.24. The maximum absolute atomic E-state index is 14.3. The fourth-order valence-corrected chi connectivity index (χ4v) is 4.18. The molecule has 0 radical (unpaired) electrons.